The average molecular weight is 288 g/mol. The summed E-state index contributed by atoms with van der Waals surface area (Å²) in [5.41, 5.74) is 3.37. The Labute approximate surface area is 126 Å². The van der Waals surface area contributed by atoms with Crippen LogP contribution in [0.4, 0.5) is 0 Å². The molecule has 0 spiro atoms. The van der Waals surface area contributed by atoms with Gasteiger partial charge in [-0.3, -0.25) is 9.59 Å². The van der Waals surface area contributed by atoms with Crippen LogP contribution in [0.2, 0.25) is 0 Å². The minimum Gasteiger partial charge on any atom is -0.356 e. The summed E-state index contributed by atoms with van der Waals surface area (Å²) in [6.07, 6.45) is 5.88. The van der Waals surface area contributed by atoms with Crippen molar-refractivity contribution in [3.63, 3.8) is 0 Å². The van der Waals surface area contributed by atoms with E-state index in [0.29, 0.717) is 25.1 Å². The summed E-state index contributed by atoms with van der Waals surface area (Å²) in [6, 6.07) is 5.95. The number of nitrogens with one attached hydrogen (secondary N) is 2. The van der Waals surface area contributed by atoms with Crippen molar-refractivity contribution in [1.29, 1.82) is 0 Å². The van der Waals surface area contributed by atoms with E-state index >= 15 is 0 Å². The van der Waals surface area contributed by atoms with Gasteiger partial charge in [0.05, 0.1) is 0 Å². The van der Waals surface area contributed by atoms with Crippen molar-refractivity contribution in [2.24, 2.45) is 0 Å². The first-order valence-corrected chi connectivity index (χ1v) is 7.87. The van der Waals surface area contributed by atoms with E-state index in [-0.39, 0.29) is 11.8 Å². The number of amides is 2. The summed E-state index contributed by atoms with van der Waals surface area (Å²) in [4.78, 5) is 23.5. The summed E-state index contributed by atoms with van der Waals surface area (Å²) < 4.78 is 0. The number of fused-ring (bicyclic) bond motifs is 1. The second-order valence-electron chi connectivity index (χ2n) is 5.55. The van der Waals surface area contributed by atoms with E-state index in [1.807, 2.05) is 19.1 Å². The fraction of sp³-hybridized carbons (Fsp3) is 0.529. The zero-order chi connectivity index (χ0) is 15.1. The lowest BCUT2D eigenvalue weighted by atomic mass is 9.90. The molecule has 4 nitrogen and oxygen atoms in total. The molecule has 2 N–H and O–H groups in total. The Morgan fingerprint density at radius 2 is 1.81 bits per heavy atom. The van der Waals surface area contributed by atoms with Gasteiger partial charge in [0.1, 0.15) is 0 Å². The van der Waals surface area contributed by atoms with Gasteiger partial charge in [-0.25, -0.2) is 0 Å². The Balaban J connectivity index is 1.82. The second-order valence-corrected chi connectivity index (χ2v) is 5.55. The predicted octanol–water partition coefficient (Wildman–Crippen LogP) is 2.21. The predicted molar refractivity (Wildman–Crippen MR) is 83.3 cm³/mol. The zero-order valence-electron chi connectivity index (χ0n) is 12.7. The topological polar surface area (TPSA) is 58.2 Å². The molecular weight excluding hydrogens is 264 g/mol. The number of benzene rings is 1. The molecule has 1 aliphatic rings. The van der Waals surface area contributed by atoms with E-state index in [4.69, 9.17) is 0 Å². The molecule has 0 fully saturated rings. The number of carbonyl (C=O) groups is 2. The quantitative estimate of drug-likeness (QED) is 0.843. The molecule has 0 heterocycles. The zero-order valence-corrected chi connectivity index (χ0v) is 12.7. The largest absolute Gasteiger partial charge is 0.356 e. The maximum atomic E-state index is 12.1. The SMILES string of the molecule is CCCNC(=O)CCNC(=O)c1ccc2c(c1)CCCC2. The number of rotatable bonds is 6. The molecule has 0 radical (unpaired) electrons. The highest BCUT2D eigenvalue weighted by Gasteiger charge is 2.12. The summed E-state index contributed by atoms with van der Waals surface area (Å²) in [5.74, 6) is -0.103. The fourth-order valence-electron chi connectivity index (χ4n) is 2.62. The molecule has 4 heteroatoms. The molecular formula is C17H24N2O2. The minimum atomic E-state index is -0.0911. The van der Waals surface area contributed by atoms with Crippen molar-refractivity contribution in [3.05, 3.63) is 34.9 Å². The van der Waals surface area contributed by atoms with Crippen molar-refractivity contribution in [2.45, 2.75) is 45.4 Å². The number of carbonyl (C=O) groups excluding carboxylic acids is 2. The van der Waals surface area contributed by atoms with Crippen molar-refractivity contribution in [2.75, 3.05) is 13.1 Å². The third kappa shape index (κ3) is 4.59. The summed E-state index contributed by atoms with van der Waals surface area (Å²) in [7, 11) is 0. The van der Waals surface area contributed by atoms with Gasteiger partial charge in [0, 0.05) is 25.1 Å². The molecule has 21 heavy (non-hydrogen) atoms. The van der Waals surface area contributed by atoms with Crippen LogP contribution >= 0.6 is 0 Å². The van der Waals surface area contributed by atoms with Crippen LogP contribution in [0, 0.1) is 0 Å². The maximum absolute atomic E-state index is 12.1. The van der Waals surface area contributed by atoms with E-state index < -0.39 is 0 Å². The van der Waals surface area contributed by atoms with Crippen molar-refractivity contribution >= 4 is 11.8 Å². The highest BCUT2D eigenvalue weighted by atomic mass is 16.2. The standard InChI is InChI=1S/C17H24N2O2/c1-2-10-18-16(20)9-11-19-17(21)15-8-7-13-5-3-4-6-14(13)12-15/h7-8,12H,2-6,9-11H2,1H3,(H,18,20)(H,19,21). The first kappa shape index (κ1) is 15.5. The third-order valence-electron chi connectivity index (χ3n) is 3.82. The molecule has 2 rings (SSSR count). The van der Waals surface area contributed by atoms with Gasteiger partial charge >= 0.3 is 0 Å². The lowest BCUT2D eigenvalue weighted by Crippen LogP contribution is -2.31. The number of aryl methyl sites for hydroxylation is 2. The molecule has 2 amide bonds. The molecule has 0 unspecified atom stereocenters. The molecule has 0 saturated heterocycles. The van der Waals surface area contributed by atoms with Crippen LogP contribution in [0.15, 0.2) is 18.2 Å². The maximum Gasteiger partial charge on any atom is 0.251 e. The number of hydrogen-bond acceptors (Lipinski definition) is 2. The van der Waals surface area contributed by atoms with E-state index in [1.165, 1.54) is 24.0 Å². The van der Waals surface area contributed by atoms with Crippen molar-refractivity contribution in [3.8, 4) is 0 Å². The van der Waals surface area contributed by atoms with E-state index in [2.05, 4.69) is 16.7 Å². The van der Waals surface area contributed by atoms with Gasteiger partial charge in [0.25, 0.3) is 5.91 Å². The minimum absolute atomic E-state index is 0.0115. The Hall–Kier alpha value is -1.84. The average Bonchev–Trinajstić information content (AvgIpc) is 2.52. The van der Waals surface area contributed by atoms with Crippen LogP contribution in [-0.2, 0) is 17.6 Å². The van der Waals surface area contributed by atoms with Gasteiger partial charge in [-0.05, 0) is 55.4 Å². The van der Waals surface area contributed by atoms with Gasteiger partial charge in [0.15, 0.2) is 0 Å². The number of hydrogen-bond donors (Lipinski definition) is 2. The van der Waals surface area contributed by atoms with Gasteiger partial charge in [-0.1, -0.05) is 13.0 Å². The lowest BCUT2D eigenvalue weighted by Gasteiger charge is -2.16. The summed E-state index contributed by atoms with van der Waals surface area (Å²) in [6.45, 7) is 3.08. The molecule has 0 atom stereocenters. The second kappa shape index (κ2) is 7.81. The van der Waals surface area contributed by atoms with Gasteiger partial charge in [0.2, 0.25) is 5.91 Å². The monoisotopic (exact) mass is 288 g/mol. The third-order valence-corrected chi connectivity index (χ3v) is 3.82. The Morgan fingerprint density at radius 3 is 2.57 bits per heavy atom. The van der Waals surface area contributed by atoms with E-state index in [0.717, 1.165) is 19.3 Å². The first-order chi connectivity index (χ1) is 10.2. The molecule has 1 aromatic rings. The van der Waals surface area contributed by atoms with Crippen LogP contribution in [0.5, 0.6) is 0 Å². The van der Waals surface area contributed by atoms with Crippen LogP contribution in [0.3, 0.4) is 0 Å². The van der Waals surface area contributed by atoms with Crippen molar-refractivity contribution < 1.29 is 9.59 Å². The molecule has 1 aliphatic carbocycles. The highest BCUT2D eigenvalue weighted by Crippen LogP contribution is 2.22. The Kier molecular flexibility index (Phi) is 5.78. The highest BCUT2D eigenvalue weighted by molar-refractivity contribution is 5.94. The molecule has 0 aliphatic heterocycles. The molecule has 114 valence electrons. The normalized spacial score (nSPS) is 13.4. The van der Waals surface area contributed by atoms with Crippen LogP contribution < -0.4 is 10.6 Å². The van der Waals surface area contributed by atoms with E-state index in [9.17, 15) is 9.59 Å². The molecule has 0 aromatic heterocycles. The van der Waals surface area contributed by atoms with Gasteiger partial charge in [-0.15, -0.1) is 0 Å². The van der Waals surface area contributed by atoms with Crippen LogP contribution in [0.1, 0.15) is 54.1 Å². The molecule has 0 bridgehead atoms. The summed E-state index contributed by atoms with van der Waals surface area (Å²) >= 11 is 0. The van der Waals surface area contributed by atoms with Crippen LogP contribution in [0.25, 0.3) is 0 Å². The Bertz CT molecular complexity index is 512. The molecule has 1 aromatic carbocycles. The first-order valence-electron chi connectivity index (χ1n) is 7.87. The fourth-order valence-corrected chi connectivity index (χ4v) is 2.62. The summed E-state index contributed by atoms with van der Waals surface area (Å²) in [5, 5.41) is 5.61. The smallest absolute Gasteiger partial charge is 0.251 e. The molecule has 0 saturated carbocycles. The van der Waals surface area contributed by atoms with Gasteiger partial charge in [-0.2, -0.15) is 0 Å². The lowest BCUT2D eigenvalue weighted by molar-refractivity contribution is -0.120. The van der Waals surface area contributed by atoms with Crippen LogP contribution in [-0.4, -0.2) is 24.9 Å². The van der Waals surface area contributed by atoms with Crippen molar-refractivity contribution in [1.82, 2.24) is 10.6 Å². The van der Waals surface area contributed by atoms with Gasteiger partial charge < -0.3 is 10.6 Å². The Morgan fingerprint density at radius 1 is 1.05 bits per heavy atom. The van der Waals surface area contributed by atoms with E-state index in [1.54, 1.807) is 0 Å².